The summed E-state index contributed by atoms with van der Waals surface area (Å²) >= 11 is 1.66. The van der Waals surface area contributed by atoms with E-state index in [1.54, 1.807) is 22.2 Å². The highest BCUT2D eigenvalue weighted by molar-refractivity contribution is 7.18. The van der Waals surface area contributed by atoms with Crippen molar-refractivity contribution in [3.8, 4) is 17.5 Å². The Balaban J connectivity index is 0.00000192. The first-order chi connectivity index (χ1) is 13.2. The molecule has 0 spiro atoms. The van der Waals surface area contributed by atoms with E-state index in [9.17, 15) is 5.26 Å². The lowest BCUT2D eigenvalue weighted by Gasteiger charge is -2.20. The number of hydrogen-bond acceptors (Lipinski definition) is 7. The number of aryl methyl sites for hydroxylation is 1. The van der Waals surface area contributed by atoms with Gasteiger partial charge in [-0.25, -0.2) is 15.0 Å². The molecule has 3 aromatic heterocycles. The Bertz CT molecular complexity index is 1200. The molecule has 0 atom stereocenters. The molecule has 1 aliphatic heterocycles. The van der Waals surface area contributed by atoms with Crippen LogP contribution in [-0.4, -0.2) is 37.8 Å². The van der Waals surface area contributed by atoms with Crippen molar-refractivity contribution in [2.24, 2.45) is 7.05 Å². The number of fused-ring (bicyclic) bond motifs is 2. The monoisotopic (exact) mass is 411 g/mol. The summed E-state index contributed by atoms with van der Waals surface area (Å²) in [6, 6.07) is 6.03. The predicted octanol–water partition coefficient (Wildman–Crippen LogP) is 3.40. The summed E-state index contributed by atoms with van der Waals surface area (Å²) < 4.78 is 1.72. The second kappa shape index (κ2) is 7.43. The number of halogens is 1. The van der Waals surface area contributed by atoms with Crippen molar-refractivity contribution < 1.29 is 0 Å². The minimum Gasteiger partial charge on any atom is -0.317 e. The summed E-state index contributed by atoms with van der Waals surface area (Å²) in [7, 11) is 1.85. The van der Waals surface area contributed by atoms with E-state index in [0.29, 0.717) is 22.8 Å². The second-order valence-electron chi connectivity index (χ2n) is 6.84. The summed E-state index contributed by atoms with van der Waals surface area (Å²) in [5.41, 5.74) is 2.91. The minimum atomic E-state index is 0. The molecule has 0 saturated carbocycles. The summed E-state index contributed by atoms with van der Waals surface area (Å²) in [5.74, 6) is 1.12. The lowest BCUT2D eigenvalue weighted by molar-refractivity contribution is 0.459. The average Bonchev–Trinajstić information content (AvgIpc) is 3.29. The van der Waals surface area contributed by atoms with Crippen molar-refractivity contribution >= 4 is 45.0 Å². The van der Waals surface area contributed by atoms with Crippen LogP contribution in [0, 0.1) is 11.3 Å². The molecule has 1 N–H and O–H groups in total. The molecule has 4 aromatic rings. The van der Waals surface area contributed by atoms with Gasteiger partial charge in [-0.1, -0.05) is 11.3 Å². The van der Waals surface area contributed by atoms with Crippen LogP contribution in [0.1, 0.15) is 29.3 Å². The molecule has 1 aromatic carbocycles. The van der Waals surface area contributed by atoms with Crippen LogP contribution in [0.2, 0.25) is 0 Å². The van der Waals surface area contributed by atoms with Crippen molar-refractivity contribution in [1.29, 1.82) is 5.26 Å². The van der Waals surface area contributed by atoms with Crippen molar-refractivity contribution in [3.05, 3.63) is 35.1 Å². The Morgan fingerprint density at radius 1 is 1.25 bits per heavy atom. The number of benzene rings is 1. The fourth-order valence-corrected chi connectivity index (χ4v) is 4.68. The van der Waals surface area contributed by atoms with Gasteiger partial charge < -0.3 is 5.32 Å². The highest BCUT2D eigenvalue weighted by atomic mass is 35.5. The lowest BCUT2D eigenvalue weighted by Crippen LogP contribution is -2.26. The molecular weight excluding hydrogens is 394 g/mol. The topological polar surface area (TPSA) is 92.3 Å². The fourth-order valence-electron chi connectivity index (χ4n) is 3.60. The largest absolute Gasteiger partial charge is 0.317 e. The summed E-state index contributed by atoms with van der Waals surface area (Å²) in [4.78, 5) is 14.9. The van der Waals surface area contributed by atoms with Crippen LogP contribution < -0.4 is 5.32 Å². The van der Waals surface area contributed by atoms with Gasteiger partial charge in [0.1, 0.15) is 21.9 Å². The molecule has 9 heteroatoms. The van der Waals surface area contributed by atoms with E-state index in [-0.39, 0.29) is 12.4 Å². The maximum Gasteiger partial charge on any atom is 0.160 e. The smallest absolute Gasteiger partial charge is 0.160 e. The van der Waals surface area contributed by atoms with E-state index in [0.717, 1.165) is 52.2 Å². The summed E-state index contributed by atoms with van der Waals surface area (Å²) in [6.07, 6.45) is 5.92. The van der Waals surface area contributed by atoms with Gasteiger partial charge in [-0.15, -0.1) is 12.4 Å². The number of aromatic nitrogens is 5. The predicted molar refractivity (Wildman–Crippen MR) is 112 cm³/mol. The zero-order valence-electron chi connectivity index (χ0n) is 15.2. The van der Waals surface area contributed by atoms with Crippen molar-refractivity contribution in [2.75, 3.05) is 13.1 Å². The summed E-state index contributed by atoms with van der Waals surface area (Å²) in [5, 5.41) is 19.3. The van der Waals surface area contributed by atoms with E-state index in [4.69, 9.17) is 9.97 Å². The second-order valence-corrected chi connectivity index (χ2v) is 7.85. The molecule has 0 amide bonds. The van der Waals surface area contributed by atoms with Gasteiger partial charge in [-0.3, -0.25) is 4.68 Å². The number of hydrogen-bond donors (Lipinski definition) is 1. The first kappa shape index (κ1) is 18.7. The van der Waals surface area contributed by atoms with Crippen LogP contribution >= 0.6 is 23.7 Å². The molecule has 5 rings (SSSR count). The maximum absolute atomic E-state index is 9.48. The van der Waals surface area contributed by atoms with E-state index in [2.05, 4.69) is 21.5 Å². The molecule has 0 radical (unpaired) electrons. The summed E-state index contributed by atoms with van der Waals surface area (Å²) in [6.45, 7) is 2.08. The number of piperidine rings is 1. The molecule has 7 nitrogen and oxygen atoms in total. The normalized spacial score (nSPS) is 14.9. The van der Waals surface area contributed by atoms with Crippen LogP contribution in [0.3, 0.4) is 0 Å². The number of rotatable bonds is 2. The van der Waals surface area contributed by atoms with Crippen molar-refractivity contribution in [3.63, 3.8) is 0 Å². The molecule has 4 heterocycles. The first-order valence-corrected chi connectivity index (χ1v) is 9.75. The number of thiazole rings is 1. The van der Waals surface area contributed by atoms with Gasteiger partial charge in [-0.05, 0) is 38.1 Å². The van der Waals surface area contributed by atoms with E-state index >= 15 is 0 Å². The molecule has 1 fully saturated rings. The van der Waals surface area contributed by atoms with Gasteiger partial charge in [-0.2, -0.15) is 10.4 Å². The van der Waals surface area contributed by atoms with Gasteiger partial charge in [0.15, 0.2) is 5.82 Å². The van der Waals surface area contributed by atoms with E-state index in [1.807, 2.05) is 25.4 Å². The zero-order valence-corrected chi connectivity index (χ0v) is 16.8. The molecule has 0 aliphatic carbocycles. The molecule has 1 aliphatic rings. The van der Waals surface area contributed by atoms with E-state index in [1.165, 1.54) is 0 Å². The van der Waals surface area contributed by atoms with Gasteiger partial charge in [0.05, 0.1) is 16.8 Å². The minimum absolute atomic E-state index is 0. The SMILES string of the molecule is Cl.Cn1cc2cc(-c3ncc4nc(C5CCNCC5)sc4n3)cc(C#N)c2n1. The first-order valence-electron chi connectivity index (χ1n) is 8.93. The number of nitrogens with zero attached hydrogens (tertiary/aromatic N) is 6. The van der Waals surface area contributed by atoms with Crippen molar-refractivity contribution in [2.45, 2.75) is 18.8 Å². The van der Waals surface area contributed by atoms with E-state index < -0.39 is 0 Å². The highest BCUT2D eigenvalue weighted by Gasteiger charge is 2.20. The third kappa shape index (κ3) is 3.22. The third-order valence-electron chi connectivity index (χ3n) is 4.96. The Morgan fingerprint density at radius 2 is 2.07 bits per heavy atom. The number of nitriles is 1. The zero-order chi connectivity index (χ0) is 18.4. The lowest BCUT2D eigenvalue weighted by atomic mass is 9.99. The molecule has 28 heavy (non-hydrogen) atoms. The van der Waals surface area contributed by atoms with Crippen LogP contribution in [0.25, 0.3) is 32.6 Å². The van der Waals surface area contributed by atoms with Gasteiger partial charge >= 0.3 is 0 Å². The van der Waals surface area contributed by atoms with Gasteiger partial charge in [0.2, 0.25) is 0 Å². The molecular formula is C19H18ClN7S. The highest BCUT2D eigenvalue weighted by Crippen LogP contribution is 2.32. The van der Waals surface area contributed by atoms with Crippen molar-refractivity contribution in [1.82, 2.24) is 30.0 Å². The van der Waals surface area contributed by atoms with Gasteiger partial charge in [0, 0.05) is 30.1 Å². The molecule has 0 bridgehead atoms. The van der Waals surface area contributed by atoms with Gasteiger partial charge in [0.25, 0.3) is 0 Å². The molecule has 1 saturated heterocycles. The molecule has 142 valence electrons. The fraction of sp³-hybridized carbons (Fsp3) is 0.316. The number of nitrogens with one attached hydrogen (secondary N) is 1. The third-order valence-corrected chi connectivity index (χ3v) is 6.09. The standard InChI is InChI=1S/C19H17N7S.ClH/c1-26-10-14-7-12(6-13(8-20)16(14)25-26)17-22-9-15-19(24-17)27-18(23-15)11-2-4-21-5-3-11;/h6-7,9-11,21H,2-5H2,1H3;1H. The quantitative estimate of drug-likeness (QED) is 0.543. The Labute approximate surface area is 171 Å². The Morgan fingerprint density at radius 3 is 2.86 bits per heavy atom. The van der Waals surface area contributed by atoms with Crippen LogP contribution in [0.4, 0.5) is 0 Å². The molecule has 0 unspecified atom stereocenters. The Kier molecular flexibility index (Phi) is 4.98. The maximum atomic E-state index is 9.48. The van der Waals surface area contributed by atoms with Crippen LogP contribution in [-0.2, 0) is 7.05 Å². The average molecular weight is 412 g/mol. The van der Waals surface area contributed by atoms with Crippen LogP contribution in [0.5, 0.6) is 0 Å². The van der Waals surface area contributed by atoms with Crippen LogP contribution in [0.15, 0.2) is 24.5 Å². The Hall–Kier alpha value is -2.60.